The summed E-state index contributed by atoms with van der Waals surface area (Å²) in [6.07, 6.45) is 9.50. The second-order valence-corrected chi connectivity index (χ2v) is 12.5. The summed E-state index contributed by atoms with van der Waals surface area (Å²) in [4.78, 5) is 15.2. The molecule has 0 bridgehead atoms. The Labute approximate surface area is 227 Å². The second-order valence-electron chi connectivity index (χ2n) is 10.7. The van der Waals surface area contributed by atoms with Gasteiger partial charge in [0.15, 0.2) is 0 Å². The number of hydrogen-bond donors (Lipinski definition) is 5. The van der Waals surface area contributed by atoms with Gasteiger partial charge in [0.25, 0.3) is 10.2 Å². The summed E-state index contributed by atoms with van der Waals surface area (Å²) in [5, 5.41) is 24.1. The molecular weight excluding hydrogens is 514 g/mol. The first-order chi connectivity index (χ1) is 17.6. The van der Waals surface area contributed by atoms with E-state index in [1.807, 2.05) is 18.0 Å². The lowest BCUT2D eigenvalue weighted by molar-refractivity contribution is -0.0551. The summed E-state index contributed by atoms with van der Waals surface area (Å²) < 4.78 is 24.8. The molecule has 0 radical (unpaired) electrons. The van der Waals surface area contributed by atoms with Crippen molar-refractivity contribution in [2.45, 2.75) is 75.9 Å². The van der Waals surface area contributed by atoms with Crippen molar-refractivity contribution in [2.24, 2.45) is 17.0 Å². The fraction of sp³-hybridized carbons (Fsp3) is 0.731. The van der Waals surface area contributed by atoms with Crippen molar-refractivity contribution >= 4 is 27.8 Å². The van der Waals surface area contributed by atoms with Gasteiger partial charge < -0.3 is 20.6 Å². The number of nitrogens with two attached hydrogens (primary N) is 1. The zero-order valence-electron chi connectivity index (χ0n) is 21.9. The summed E-state index contributed by atoms with van der Waals surface area (Å²) in [6.45, 7) is 1.89. The van der Waals surface area contributed by atoms with E-state index >= 15 is 0 Å². The number of urea groups is 1. The summed E-state index contributed by atoms with van der Waals surface area (Å²) >= 11 is 6.26. The predicted octanol–water partition coefficient (Wildman–Crippen LogP) is 3.08. The number of rotatable bonds is 12. The van der Waals surface area contributed by atoms with Gasteiger partial charge in [0.1, 0.15) is 0 Å². The highest BCUT2D eigenvalue weighted by Crippen LogP contribution is 2.40. The number of halogens is 1. The van der Waals surface area contributed by atoms with Crippen molar-refractivity contribution in [1.29, 1.82) is 0 Å². The van der Waals surface area contributed by atoms with Crippen LogP contribution < -0.4 is 20.5 Å². The molecule has 1 saturated heterocycles. The third kappa shape index (κ3) is 9.37. The molecule has 3 rings (SSSR count). The summed E-state index contributed by atoms with van der Waals surface area (Å²) in [5.41, 5.74) is -0.593. The molecule has 1 unspecified atom stereocenters. The van der Waals surface area contributed by atoms with Crippen molar-refractivity contribution in [3.8, 4) is 0 Å². The van der Waals surface area contributed by atoms with E-state index < -0.39 is 15.8 Å². The van der Waals surface area contributed by atoms with Gasteiger partial charge in [-0.3, -0.25) is 0 Å². The maximum absolute atomic E-state index is 13.4. The van der Waals surface area contributed by atoms with E-state index in [4.69, 9.17) is 16.7 Å². The quantitative estimate of drug-likeness (QED) is 0.252. The van der Waals surface area contributed by atoms with Crippen LogP contribution >= 0.6 is 11.6 Å². The molecule has 1 saturated carbocycles. The molecule has 6 N–H and O–H groups in total. The van der Waals surface area contributed by atoms with Crippen LogP contribution in [0.4, 0.5) is 4.79 Å². The zero-order valence-corrected chi connectivity index (χ0v) is 23.5. The van der Waals surface area contributed by atoms with Crippen molar-refractivity contribution in [3.05, 3.63) is 34.9 Å². The molecule has 0 aromatic heterocycles. The molecule has 210 valence electrons. The van der Waals surface area contributed by atoms with Crippen LogP contribution in [0.15, 0.2) is 24.3 Å². The van der Waals surface area contributed by atoms with E-state index in [2.05, 4.69) is 15.4 Å². The minimum absolute atomic E-state index is 0.0667. The van der Waals surface area contributed by atoms with Gasteiger partial charge in [-0.2, -0.15) is 8.42 Å². The minimum atomic E-state index is -3.80. The second kappa shape index (κ2) is 14.1. The molecule has 11 heteroatoms. The number of likely N-dealkylation sites (tertiary alicyclic amines) is 1. The molecule has 0 spiro atoms. The van der Waals surface area contributed by atoms with E-state index in [0.717, 1.165) is 25.8 Å². The van der Waals surface area contributed by atoms with Gasteiger partial charge in [-0.05, 0) is 62.8 Å². The highest BCUT2D eigenvalue weighted by molar-refractivity contribution is 7.87. The number of piperidine rings is 1. The molecule has 1 aromatic rings. The number of carbonyl (C=O) groups excluding carboxylic acids is 1. The zero-order chi connectivity index (χ0) is 26.9. The van der Waals surface area contributed by atoms with E-state index in [9.17, 15) is 18.3 Å². The van der Waals surface area contributed by atoms with Crippen LogP contribution in [0.5, 0.6) is 0 Å². The number of nitrogens with one attached hydrogen (secondary N) is 3. The van der Waals surface area contributed by atoms with Crippen LogP contribution in [0.2, 0.25) is 5.02 Å². The molecule has 9 nitrogen and oxygen atoms in total. The van der Waals surface area contributed by atoms with Crippen molar-refractivity contribution < 1.29 is 18.3 Å². The molecule has 1 heterocycles. The Morgan fingerprint density at radius 2 is 2.00 bits per heavy atom. The first-order valence-electron chi connectivity index (χ1n) is 13.6. The maximum atomic E-state index is 13.4. The number of benzene rings is 1. The largest absolute Gasteiger partial charge is 0.385 e. The first-order valence-corrected chi connectivity index (χ1v) is 15.5. The molecule has 2 fully saturated rings. The highest BCUT2D eigenvalue weighted by atomic mass is 35.5. The van der Waals surface area contributed by atoms with Crippen LogP contribution in [0.1, 0.15) is 69.8 Å². The number of nitrogens with zero attached hydrogens (tertiary/aromatic N) is 1. The Kier molecular flexibility index (Phi) is 11.5. The average molecular weight is 558 g/mol. The summed E-state index contributed by atoms with van der Waals surface area (Å²) in [5.74, 6) is 0.432. The number of likely N-dealkylation sites (N-methyl/N-ethyl adjacent to an activating group) is 1. The predicted molar refractivity (Wildman–Crippen MR) is 147 cm³/mol. The Morgan fingerprint density at radius 3 is 2.68 bits per heavy atom. The smallest absolute Gasteiger partial charge is 0.317 e. The van der Waals surface area contributed by atoms with E-state index in [1.54, 1.807) is 18.2 Å². The molecule has 1 aliphatic carbocycles. The van der Waals surface area contributed by atoms with Gasteiger partial charge in [0, 0.05) is 43.2 Å². The lowest BCUT2D eigenvalue weighted by Gasteiger charge is -2.43. The Morgan fingerprint density at radius 1 is 1.24 bits per heavy atom. The average Bonchev–Trinajstić information content (AvgIpc) is 2.87. The van der Waals surface area contributed by atoms with E-state index in [-0.39, 0.29) is 24.5 Å². The van der Waals surface area contributed by atoms with E-state index in [0.29, 0.717) is 42.4 Å². The van der Waals surface area contributed by atoms with Crippen molar-refractivity contribution in [2.75, 3.05) is 33.2 Å². The molecule has 2 amide bonds. The number of aliphatic hydroxyl groups is 1. The number of amides is 2. The Hall–Kier alpha value is -1.43. The monoisotopic (exact) mass is 557 g/mol. The SMILES string of the molecule is CNCC(CC1CCCCC1)NC(=O)N1CCC[C@@H]([C@@](O)(CCCNS(N)(=O)=O)c2cccc(Cl)c2)C1. The third-order valence-corrected chi connectivity index (χ3v) is 8.71. The molecule has 1 aliphatic heterocycles. The van der Waals surface area contributed by atoms with Gasteiger partial charge in [-0.25, -0.2) is 14.7 Å². The first kappa shape index (κ1) is 30.1. The van der Waals surface area contributed by atoms with Gasteiger partial charge in [-0.15, -0.1) is 0 Å². The van der Waals surface area contributed by atoms with Crippen molar-refractivity contribution in [3.63, 3.8) is 0 Å². The minimum Gasteiger partial charge on any atom is -0.385 e. The van der Waals surface area contributed by atoms with Gasteiger partial charge >= 0.3 is 6.03 Å². The third-order valence-electron chi connectivity index (χ3n) is 7.87. The standard InChI is InChI=1S/C26H44ClN5O4S/c1-29-18-24(16-20-8-3-2-4-9-20)31-25(33)32-15-6-11-22(19-32)26(34,13-7-14-30-37(28,35)36)21-10-5-12-23(27)17-21/h5,10,12,17,20,22,24,29-30,34H,2-4,6-9,11,13-16,18-19H2,1H3,(H,31,33)(H2,28,35,36)/t22-,24?,26-/m1/s1. The van der Waals surface area contributed by atoms with Crippen LogP contribution in [0.3, 0.4) is 0 Å². The van der Waals surface area contributed by atoms with Crippen LogP contribution in [0.25, 0.3) is 0 Å². The van der Waals surface area contributed by atoms with Crippen LogP contribution in [-0.4, -0.2) is 63.7 Å². The lowest BCUT2D eigenvalue weighted by atomic mass is 9.74. The van der Waals surface area contributed by atoms with E-state index in [1.165, 1.54) is 32.1 Å². The summed E-state index contributed by atoms with van der Waals surface area (Å²) in [7, 11) is -1.89. The normalized spacial score (nSPS) is 21.8. The van der Waals surface area contributed by atoms with Gasteiger partial charge in [0.05, 0.1) is 5.60 Å². The maximum Gasteiger partial charge on any atom is 0.317 e. The highest BCUT2D eigenvalue weighted by Gasteiger charge is 2.41. The number of hydrogen-bond acceptors (Lipinski definition) is 5. The van der Waals surface area contributed by atoms with Crippen LogP contribution in [-0.2, 0) is 15.8 Å². The Balaban J connectivity index is 1.69. The molecule has 1 aromatic carbocycles. The van der Waals surface area contributed by atoms with Crippen LogP contribution in [0, 0.1) is 11.8 Å². The van der Waals surface area contributed by atoms with Crippen molar-refractivity contribution in [1.82, 2.24) is 20.3 Å². The molecule has 37 heavy (non-hydrogen) atoms. The Bertz CT molecular complexity index is 975. The summed E-state index contributed by atoms with van der Waals surface area (Å²) in [6, 6.07) is 7.11. The topological polar surface area (TPSA) is 137 Å². The fourth-order valence-electron chi connectivity index (χ4n) is 6.00. The molecule has 3 atom stereocenters. The fourth-order valence-corrected chi connectivity index (χ4v) is 6.62. The molecule has 2 aliphatic rings. The van der Waals surface area contributed by atoms with Gasteiger partial charge in [-0.1, -0.05) is 55.8 Å². The molecular formula is C26H44ClN5O4S. The number of carbonyl (C=O) groups is 1. The lowest BCUT2D eigenvalue weighted by Crippen LogP contribution is -2.54. The van der Waals surface area contributed by atoms with Gasteiger partial charge in [0.2, 0.25) is 0 Å².